The van der Waals surface area contributed by atoms with E-state index >= 15 is 0 Å². The number of carbonyl (C=O) groups is 1. The van der Waals surface area contributed by atoms with Gasteiger partial charge in [0, 0.05) is 36.5 Å². The number of pyridine rings is 1. The maximum absolute atomic E-state index is 12.1. The average molecular weight is 731 g/mol. The molecule has 0 unspecified atom stereocenters. The third-order valence-electron chi connectivity index (χ3n) is 9.86. The van der Waals surface area contributed by atoms with Gasteiger partial charge in [-0.2, -0.15) is 0 Å². The second-order valence-corrected chi connectivity index (χ2v) is 19.5. The van der Waals surface area contributed by atoms with E-state index in [4.69, 9.17) is 13.8 Å². The zero-order chi connectivity index (χ0) is 37.8. The summed E-state index contributed by atoms with van der Waals surface area (Å²) in [7, 11) is -2.21. The number of aryl methyl sites for hydroxylation is 1. The molecule has 0 fully saturated rings. The Kier molecular flexibility index (Phi) is 11.0. The quantitative estimate of drug-likeness (QED) is 0.0738. The molecule has 0 aliphatic heterocycles. The van der Waals surface area contributed by atoms with Crippen LogP contribution in [-0.4, -0.2) is 41.1 Å². The first-order chi connectivity index (χ1) is 25.3. The number of aromatic hydroxyl groups is 1. The number of hydrogen-bond acceptors (Lipinski definition) is 7. The second kappa shape index (κ2) is 15.6. The molecule has 0 saturated carbocycles. The zero-order valence-electron chi connectivity index (χ0n) is 30.7. The first-order valence-corrected chi connectivity index (χ1v) is 20.7. The number of amides is 1. The van der Waals surface area contributed by atoms with Gasteiger partial charge in [0.2, 0.25) is 5.56 Å². The Morgan fingerprint density at radius 1 is 1.02 bits per heavy atom. The lowest BCUT2D eigenvalue weighted by Crippen LogP contribution is -2.43. The maximum atomic E-state index is 12.1. The monoisotopic (exact) mass is 730 g/mol. The number of nitrogens with one attached hydrogen (secondary N) is 3. The molecule has 0 spiro atoms. The van der Waals surface area contributed by atoms with Crippen molar-refractivity contribution >= 4 is 48.2 Å². The minimum atomic E-state index is -2.21. The number of phenolic OH excluding ortho intramolecular Hbond substituents is 1. The van der Waals surface area contributed by atoms with Crippen LogP contribution in [0.15, 0.2) is 106 Å². The van der Waals surface area contributed by atoms with Crippen LogP contribution >= 0.6 is 0 Å². The van der Waals surface area contributed by atoms with Gasteiger partial charge in [-0.1, -0.05) is 87.5 Å². The minimum absolute atomic E-state index is 0.0190. The normalized spacial score (nSPS) is 12.8. The number of rotatable bonds is 13. The minimum Gasteiger partial charge on any atom is -0.506 e. The molecule has 0 saturated heterocycles. The summed E-state index contributed by atoms with van der Waals surface area (Å²) in [6, 6.07) is 28.1. The summed E-state index contributed by atoms with van der Waals surface area (Å²) in [5.74, 6) is 0.664. The molecule has 4 aromatic carbocycles. The Hall–Kier alpha value is -5.49. The van der Waals surface area contributed by atoms with Crippen LogP contribution < -0.4 is 16.2 Å². The molecule has 0 aliphatic carbocycles. The van der Waals surface area contributed by atoms with Crippen molar-refractivity contribution in [2.45, 2.75) is 64.4 Å². The number of H-pyrrole nitrogens is 1. The van der Waals surface area contributed by atoms with Gasteiger partial charge in [-0.15, -0.1) is 0 Å². The van der Waals surface area contributed by atoms with E-state index in [1.165, 1.54) is 6.07 Å². The molecule has 6 rings (SSSR count). The Bertz CT molecular complexity index is 2320. The summed E-state index contributed by atoms with van der Waals surface area (Å²) in [5.41, 5.74) is 6.74. The third-order valence-corrected chi connectivity index (χ3v) is 14.3. The summed E-state index contributed by atoms with van der Waals surface area (Å²) in [6.07, 6.45) is 3.88. The SMILES string of the molecule is CC(C)(C)[Si](C)(C)O[C@H](CNCc1ccc2oc(CC/C=C/c3ccc(-c4ccccc4)c(NC(=O)O)c3)nc2c1)c1ccc(O)c2[nH]c(=O)ccc12. The number of anilines is 1. The molecule has 53 heavy (non-hydrogen) atoms. The van der Waals surface area contributed by atoms with E-state index < -0.39 is 14.4 Å². The highest BCUT2D eigenvalue weighted by Crippen LogP contribution is 2.41. The molecule has 11 heteroatoms. The number of nitrogens with zero attached hydrogens (tertiary/aromatic N) is 1. The lowest BCUT2D eigenvalue weighted by atomic mass is 10.0. The molecule has 2 heterocycles. The number of hydrogen-bond donors (Lipinski definition) is 5. The van der Waals surface area contributed by atoms with Crippen molar-refractivity contribution in [3.63, 3.8) is 0 Å². The lowest BCUT2D eigenvalue weighted by molar-refractivity contribution is 0.181. The number of fused-ring (bicyclic) bond motifs is 2. The van der Waals surface area contributed by atoms with Crippen LogP contribution in [-0.2, 0) is 17.4 Å². The predicted molar refractivity (Wildman–Crippen MR) is 214 cm³/mol. The largest absolute Gasteiger partial charge is 0.506 e. The van der Waals surface area contributed by atoms with Gasteiger partial charge in [0.25, 0.3) is 0 Å². The molecule has 6 aromatic rings. The van der Waals surface area contributed by atoms with E-state index in [0.29, 0.717) is 43.0 Å². The number of carboxylic acid groups (broad SMARTS) is 1. The Labute approximate surface area is 309 Å². The van der Waals surface area contributed by atoms with E-state index in [1.54, 1.807) is 12.1 Å². The van der Waals surface area contributed by atoms with Crippen LogP contribution in [0, 0.1) is 0 Å². The summed E-state index contributed by atoms with van der Waals surface area (Å²) < 4.78 is 13.0. The van der Waals surface area contributed by atoms with Gasteiger partial charge < -0.3 is 29.4 Å². The van der Waals surface area contributed by atoms with Gasteiger partial charge in [-0.05, 0) is 77.1 Å². The van der Waals surface area contributed by atoms with Crippen LogP contribution in [0.25, 0.3) is 39.2 Å². The highest BCUT2D eigenvalue weighted by atomic mass is 28.4. The molecule has 5 N–H and O–H groups in total. The van der Waals surface area contributed by atoms with Gasteiger partial charge in [-0.25, -0.2) is 9.78 Å². The topological polar surface area (TPSA) is 150 Å². The summed E-state index contributed by atoms with van der Waals surface area (Å²) in [4.78, 5) is 31.1. The van der Waals surface area contributed by atoms with Crippen molar-refractivity contribution in [1.82, 2.24) is 15.3 Å². The van der Waals surface area contributed by atoms with Crippen molar-refractivity contribution in [3.8, 4) is 16.9 Å². The number of aromatic nitrogens is 2. The second-order valence-electron chi connectivity index (χ2n) is 14.7. The van der Waals surface area contributed by atoms with Crippen molar-refractivity contribution < 1.29 is 23.9 Å². The molecule has 1 atom stereocenters. The van der Waals surface area contributed by atoms with E-state index in [0.717, 1.165) is 44.3 Å². The standard InChI is InChI=1S/C42H46N4O6Si/c1-42(2,3)53(4,5)52-37(31-18-20-35(47)40-32(31)19-22-38(48)46-40)26-43-25-28-16-21-36-34(24-28)44-39(51-36)14-10-9-11-27-15-17-30(29-12-7-6-8-13-29)33(23-27)45-41(49)50/h6-9,11-13,15-24,37,43,45,47H,10,14,25-26H2,1-5H3,(H,46,48)(H,49,50)/b11-9+/t37-/m1/s1. The third kappa shape index (κ3) is 8.94. The number of benzene rings is 4. The lowest BCUT2D eigenvalue weighted by Gasteiger charge is -2.39. The number of phenols is 1. The number of aromatic amines is 1. The average Bonchev–Trinajstić information content (AvgIpc) is 3.52. The van der Waals surface area contributed by atoms with Crippen LogP contribution in [0.5, 0.6) is 5.75 Å². The molecule has 1 amide bonds. The smallest absolute Gasteiger partial charge is 0.409 e. The first kappa shape index (κ1) is 37.3. The number of oxazole rings is 1. The fourth-order valence-electron chi connectivity index (χ4n) is 6.05. The highest BCUT2D eigenvalue weighted by molar-refractivity contribution is 6.74. The van der Waals surface area contributed by atoms with E-state index in [-0.39, 0.29) is 22.5 Å². The van der Waals surface area contributed by atoms with Crippen LogP contribution in [0.2, 0.25) is 18.1 Å². The molecular weight excluding hydrogens is 685 g/mol. The zero-order valence-corrected chi connectivity index (χ0v) is 31.7. The molecule has 2 aromatic heterocycles. The van der Waals surface area contributed by atoms with Gasteiger partial charge in [0.1, 0.15) is 11.3 Å². The molecule has 0 aliphatic rings. The molecule has 10 nitrogen and oxygen atoms in total. The van der Waals surface area contributed by atoms with E-state index in [2.05, 4.69) is 49.5 Å². The van der Waals surface area contributed by atoms with Gasteiger partial charge in [0.05, 0.1) is 17.3 Å². The van der Waals surface area contributed by atoms with E-state index in [1.807, 2.05) is 84.9 Å². The molecule has 0 bridgehead atoms. The van der Waals surface area contributed by atoms with Crippen LogP contribution in [0.4, 0.5) is 10.5 Å². The predicted octanol–water partition coefficient (Wildman–Crippen LogP) is 9.63. The fraction of sp³-hybridized carbons (Fsp3) is 0.262. The van der Waals surface area contributed by atoms with Gasteiger partial charge in [0.15, 0.2) is 19.8 Å². The maximum Gasteiger partial charge on any atom is 0.409 e. The summed E-state index contributed by atoms with van der Waals surface area (Å²) in [5, 5.41) is 26.7. The van der Waals surface area contributed by atoms with Crippen molar-refractivity contribution in [2.24, 2.45) is 0 Å². The Morgan fingerprint density at radius 3 is 2.57 bits per heavy atom. The van der Waals surface area contributed by atoms with Gasteiger partial charge in [-0.3, -0.25) is 10.1 Å². The fourth-order valence-corrected chi connectivity index (χ4v) is 7.33. The molecule has 0 radical (unpaired) electrons. The highest BCUT2D eigenvalue weighted by Gasteiger charge is 2.39. The van der Waals surface area contributed by atoms with E-state index in [9.17, 15) is 19.8 Å². The summed E-state index contributed by atoms with van der Waals surface area (Å²) in [6.45, 7) is 12.1. The van der Waals surface area contributed by atoms with Crippen LogP contribution in [0.3, 0.4) is 0 Å². The van der Waals surface area contributed by atoms with Crippen molar-refractivity contribution in [3.05, 3.63) is 130 Å². The van der Waals surface area contributed by atoms with Crippen molar-refractivity contribution in [1.29, 1.82) is 0 Å². The molecular formula is C42H46N4O6Si. The Morgan fingerprint density at radius 2 is 1.81 bits per heavy atom. The van der Waals surface area contributed by atoms with Gasteiger partial charge >= 0.3 is 6.09 Å². The Balaban J connectivity index is 1.11. The first-order valence-electron chi connectivity index (χ1n) is 17.8. The van der Waals surface area contributed by atoms with Crippen molar-refractivity contribution in [2.75, 3.05) is 11.9 Å². The molecule has 274 valence electrons. The number of allylic oxidation sites excluding steroid dienone is 1. The summed E-state index contributed by atoms with van der Waals surface area (Å²) >= 11 is 0. The van der Waals surface area contributed by atoms with Crippen LogP contribution in [0.1, 0.15) is 55.9 Å².